The Morgan fingerprint density at radius 3 is 2.82 bits per heavy atom. The molecule has 0 amide bonds. The van der Waals surface area contributed by atoms with Gasteiger partial charge in [0.1, 0.15) is 11.4 Å². The Balaban J connectivity index is 2.27. The summed E-state index contributed by atoms with van der Waals surface area (Å²) in [6, 6.07) is 2.18. The number of nitrogens with two attached hydrogens (primary N) is 1. The number of nitrogens with zero attached hydrogens (tertiary/aromatic N) is 3. The van der Waals surface area contributed by atoms with E-state index in [-0.39, 0.29) is 0 Å². The second kappa shape index (κ2) is 6.94. The van der Waals surface area contributed by atoms with E-state index < -0.39 is 5.54 Å². The Hall–Kier alpha value is -0.640. The molecule has 0 radical (unpaired) electrons. The van der Waals surface area contributed by atoms with Crippen LogP contribution in [0.15, 0.2) is 4.34 Å². The van der Waals surface area contributed by atoms with Crippen molar-refractivity contribution in [2.75, 3.05) is 5.75 Å². The quantitative estimate of drug-likeness (QED) is 0.609. The molecule has 94 valence electrons. The van der Waals surface area contributed by atoms with Crippen molar-refractivity contribution in [2.24, 2.45) is 5.73 Å². The van der Waals surface area contributed by atoms with Crippen molar-refractivity contribution in [1.82, 2.24) is 9.36 Å². The summed E-state index contributed by atoms with van der Waals surface area (Å²) in [7, 11) is 0. The first-order chi connectivity index (χ1) is 8.13. The van der Waals surface area contributed by atoms with Crippen LogP contribution in [0, 0.1) is 11.3 Å². The molecule has 0 fully saturated rings. The van der Waals surface area contributed by atoms with Crippen molar-refractivity contribution in [3.8, 4) is 6.07 Å². The maximum Gasteiger partial charge on any atom is 0.170 e. The average Bonchev–Trinajstić information content (AvgIpc) is 2.82. The lowest BCUT2D eigenvalue weighted by atomic mass is 9.94. The van der Waals surface area contributed by atoms with Gasteiger partial charge in [-0.2, -0.15) is 9.64 Å². The van der Waals surface area contributed by atoms with Crippen molar-refractivity contribution >= 4 is 23.3 Å². The van der Waals surface area contributed by atoms with Crippen LogP contribution in [0.3, 0.4) is 0 Å². The number of hydrogen-bond acceptors (Lipinski definition) is 6. The van der Waals surface area contributed by atoms with Gasteiger partial charge in [0.15, 0.2) is 4.34 Å². The van der Waals surface area contributed by atoms with Gasteiger partial charge >= 0.3 is 0 Å². The highest BCUT2D eigenvalue weighted by Crippen LogP contribution is 2.23. The first kappa shape index (κ1) is 14.4. The van der Waals surface area contributed by atoms with E-state index in [1.165, 1.54) is 11.5 Å². The van der Waals surface area contributed by atoms with Crippen LogP contribution >= 0.6 is 23.3 Å². The molecule has 0 spiro atoms. The van der Waals surface area contributed by atoms with Crippen LogP contribution in [0.5, 0.6) is 0 Å². The maximum atomic E-state index is 8.93. The summed E-state index contributed by atoms with van der Waals surface area (Å²) < 4.78 is 5.24. The van der Waals surface area contributed by atoms with E-state index >= 15 is 0 Å². The molecule has 0 aromatic carbocycles. The molecule has 2 N–H and O–H groups in total. The normalized spacial score (nSPS) is 14.2. The molecule has 6 heteroatoms. The molecule has 1 aromatic heterocycles. The minimum atomic E-state index is -0.656. The van der Waals surface area contributed by atoms with E-state index in [1.54, 1.807) is 11.8 Å². The second-order valence-corrected chi connectivity index (χ2v) is 6.00. The number of thioether (sulfide) groups is 1. The highest BCUT2D eigenvalue weighted by Gasteiger charge is 2.20. The van der Waals surface area contributed by atoms with Crippen LogP contribution in [-0.2, 0) is 6.42 Å². The topological polar surface area (TPSA) is 75.6 Å². The third-order valence-corrected chi connectivity index (χ3v) is 4.57. The fraction of sp³-hybridized carbons (Fsp3) is 0.727. The fourth-order valence-electron chi connectivity index (χ4n) is 1.30. The number of aryl methyl sites for hydroxylation is 1. The van der Waals surface area contributed by atoms with Gasteiger partial charge in [0.05, 0.1) is 6.07 Å². The van der Waals surface area contributed by atoms with Gasteiger partial charge < -0.3 is 5.73 Å². The fourth-order valence-corrected chi connectivity index (χ4v) is 3.00. The summed E-state index contributed by atoms with van der Waals surface area (Å²) in [6.07, 6.45) is 3.26. The molecule has 0 aliphatic carbocycles. The first-order valence-corrected chi connectivity index (χ1v) is 7.55. The summed E-state index contributed by atoms with van der Waals surface area (Å²) >= 11 is 3.15. The maximum absolute atomic E-state index is 8.93. The predicted molar refractivity (Wildman–Crippen MR) is 72.1 cm³/mol. The van der Waals surface area contributed by atoms with Crippen molar-refractivity contribution in [2.45, 2.75) is 49.4 Å². The van der Waals surface area contributed by atoms with Gasteiger partial charge in [0.2, 0.25) is 0 Å². The van der Waals surface area contributed by atoms with Crippen LogP contribution in [0.2, 0.25) is 0 Å². The molecule has 1 heterocycles. The van der Waals surface area contributed by atoms with E-state index in [0.717, 1.165) is 35.2 Å². The molecular weight excluding hydrogens is 252 g/mol. The van der Waals surface area contributed by atoms with Crippen LogP contribution < -0.4 is 5.73 Å². The molecule has 1 unspecified atom stereocenters. The minimum Gasteiger partial charge on any atom is -0.313 e. The third-order valence-electron chi connectivity index (χ3n) is 2.61. The van der Waals surface area contributed by atoms with Crippen molar-refractivity contribution in [1.29, 1.82) is 5.26 Å². The molecule has 1 rings (SSSR count). The van der Waals surface area contributed by atoms with E-state index in [9.17, 15) is 0 Å². The van der Waals surface area contributed by atoms with Crippen LogP contribution in [0.4, 0.5) is 0 Å². The molecule has 0 saturated heterocycles. The van der Waals surface area contributed by atoms with Crippen molar-refractivity contribution < 1.29 is 0 Å². The van der Waals surface area contributed by atoms with Gasteiger partial charge in [-0.05, 0) is 30.8 Å². The number of hydrogen-bond donors (Lipinski definition) is 1. The Morgan fingerprint density at radius 1 is 1.53 bits per heavy atom. The lowest BCUT2D eigenvalue weighted by Gasteiger charge is -2.18. The summed E-state index contributed by atoms with van der Waals surface area (Å²) in [5.41, 5.74) is 5.25. The lowest BCUT2D eigenvalue weighted by Crippen LogP contribution is -2.37. The van der Waals surface area contributed by atoms with E-state index in [0.29, 0.717) is 6.42 Å². The van der Waals surface area contributed by atoms with Gasteiger partial charge in [-0.1, -0.05) is 25.6 Å². The van der Waals surface area contributed by atoms with Gasteiger partial charge in [-0.3, -0.25) is 0 Å². The summed E-state index contributed by atoms with van der Waals surface area (Å²) in [5, 5.41) is 8.93. The Labute approximate surface area is 111 Å². The van der Waals surface area contributed by atoms with Gasteiger partial charge in [0.25, 0.3) is 0 Å². The molecule has 1 aromatic rings. The molecule has 4 nitrogen and oxygen atoms in total. The zero-order valence-corrected chi connectivity index (χ0v) is 11.9. The molecule has 0 aliphatic heterocycles. The first-order valence-electron chi connectivity index (χ1n) is 5.79. The summed E-state index contributed by atoms with van der Waals surface area (Å²) in [6.45, 7) is 4.00. The minimum absolute atomic E-state index is 0.656. The third kappa shape index (κ3) is 4.62. The van der Waals surface area contributed by atoms with E-state index in [4.69, 9.17) is 11.0 Å². The summed E-state index contributed by atoms with van der Waals surface area (Å²) in [4.78, 5) is 4.38. The Kier molecular flexibility index (Phi) is 5.89. The van der Waals surface area contributed by atoms with E-state index in [2.05, 4.69) is 15.4 Å². The number of rotatable bonds is 7. The second-order valence-electron chi connectivity index (χ2n) is 3.90. The Bertz CT molecular complexity index is 385. The summed E-state index contributed by atoms with van der Waals surface area (Å²) in [5.74, 6) is 1.86. The zero-order chi connectivity index (χ0) is 12.7. The molecule has 1 atom stereocenters. The van der Waals surface area contributed by atoms with E-state index in [1.807, 2.05) is 13.8 Å². The SMILES string of the molecule is CCc1nsc(SCCCC(N)(C#N)CC)n1. The monoisotopic (exact) mass is 270 g/mol. The molecule has 0 bridgehead atoms. The predicted octanol–water partition coefficient (Wildman–Crippen LogP) is 2.60. The van der Waals surface area contributed by atoms with Crippen LogP contribution in [-0.4, -0.2) is 20.6 Å². The zero-order valence-electron chi connectivity index (χ0n) is 10.3. The molecule has 0 saturated carbocycles. The smallest absolute Gasteiger partial charge is 0.170 e. The van der Waals surface area contributed by atoms with Gasteiger partial charge in [-0.15, -0.1) is 0 Å². The largest absolute Gasteiger partial charge is 0.313 e. The number of aromatic nitrogens is 2. The Morgan fingerprint density at radius 2 is 2.29 bits per heavy atom. The van der Waals surface area contributed by atoms with Gasteiger partial charge in [-0.25, -0.2) is 4.98 Å². The van der Waals surface area contributed by atoms with Crippen LogP contribution in [0.1, 0.15) is 38.9 Å². The number of nitriles is 1. The standard InChI is InChI=1S/C11H18N4S2/c1-3-9-14-10(17-15-9)16-7-5-6-11(13,4-2)8-12/h3-7,13H2,1-2H3. The molecule has 0 aliphatic rings. The van der Waals surface area contributed by atoms with Crippen LogP contribution in [0.25, 0.3) is 0 Å². The molecular formula is C11H18N4S2. The highest BCUT2D eigenvalue weighted by atomic mass is 32.2. The average molecular weight is 270 g/mol. The lowest BCUT2D eigenvalue weighted by molar-refractivity contribution is 0.478. The van der Waals surface area contributed by atoms with Gasteiger partial charge in [0, 0.05) is 12.2 Å². The highest BCUT2D eigenvalue weighted by molar-refractivity contribution is 8.00. The van der Waals surface area contributed by atoms with Crippen molar-refractivity contribution in [3.05, 3.63) is 5.82 Å². The molecule has 17 heavy (non-hydrogen) atoms. The van der Waals surface area contributed by atoms with Crippen molar-refractivity contribution in [3.63, 3.8) is 0 Å².